The predicted octanol–water partition coefficient (Wildman–Crippen LogP) is 3.73. The lowest BCUT2D eigenvalue weighted by Crippen LogP contribution is -2.24. The minimum absolute atomic E-state index is 0.112. The van der Waals surface area contributed by atoms with E-state index in [-0.39, 0.29) is 18.2 Å². The number of hydrogen-bond acceptors (Lipinski definition) is 5. The van der Waals surface area contributed by atoms with E-state index in [0.717, 1.165) is 11.1 Å². The average Bonchev–Trinajstić information content (AvgIpc) is 2.78. The smallest absolute Gasteiger partial charge is 0.308 e. The van der Waals surface area contributed by atoms with Crippen LogP contribution < -0.4 is 20.1 Å². The number of methoxy groups -OCH3 is 1. The van der Waals surface area contributed by atoms with E-state index in [1.807, 2.05) is 36.4 Å². The Labute approximate surface area is 186 Å². The van der Waals surface area contributed by atoms with E-state index in [1.54, 1.807) is 37.4 Å². The molecule has 0 saturated heterocycles. The topological polar surface area (TPSA) is 93.7 Å². The van der Waals surface area contributed by atoms with Crippen LogP contribution in [0, 0.1) is 0 Å². The van der Waals surface area contributed by atoms with Gasteiger partial charge in [-0.15, -0.1) is 0 Å². The monoisotopic (exact) mass is 432 g/mol. The fraction of sp³-hybridized carbons (Fsp3) is 0.160. The van der Waals surface area contributed by atoms with E-state index in [0.29, 0.717) is 29.3 Å². The number of anilines is 1. The van der Waals surface area contributed by atoms with Crippen LogP contribution in [-0.2, 0) is 22.6 Å². The minimum Gasteiger partial charge on any atom is -0.496 e. The molecule has 3 rings (SSSR count). The third-order valence-corrected chi connectivity index (χ3v) is 4.60. The molecular weight excluding hydrogens is 408 g/mol. The summed E-state index contributed by atoms with van der Waals surface area (Å²) >= 11 is 0. The van der Waals surface area contributed by atoms with Gasteiger partial charge < -0.3 is 20.1 Å². The zero-order valence-corrected chi connectivity index (χ0v) is 17.9. The van der Waals surface area contributed by atoms with Crippen molar-refractivity contribution in [3.05, 3.63) is 89.5 Å². The maximum absolute atomic E-state index is 12.5. The molecule has 0 saturated carbocycles. The highest BCUT2D eigenvalue weighted by Gasteiger charge is 2.10. The van der Waals surface area contributed by atoms with Crippen LogP contribution in [0.3, 0.4) is 0 Å². The zero-order valence-electron chi connectivity index (χ0n) is 17.9. The first-order valence-corrected chi connectivity index (χ1v) is 10.0. The van der Waals surface area contributed by atoms with Crippen LogP contribution in [0.4, 0.5) is 5.69 Å². The van der Waals surface area contributed by atoms with Crippen LogP contribution >= 0.6 is 0 Å². The maximum Gasteiger partial charge on any atom is 0.308 e. The summed E-state index contributed by atoms with van der Waals surface area (Å²) in [6.45, 7) is 1.67. The first-order chi connectivity index (χ1) is 15.4. The lowest BCUT2D eigenvalue weighted by molar-refractivity contribution is -0.131. The van der Waals surface area contributed by atoms with Crippen LogP contribution in [0.2, 0.25) is 0 Å². The fourth-order valence-corrected chi connectivity index (χ4v) is 3.06. The number of para-hydroxylation sites is 1. The molecule has 3 aromatic rings. The molecule has 0 fully saturated rings. The number of nitrogens with one attached hydrogen (secondary N) is 2. The third-order valence-electron chi connectivity index (χ3n) is 4.60. The molecule has 0 aliphatic heterocycles. The van der Waals surface area contributed by atoms with Gasteiger partial charge in [-0.05, 0) is 42.0 Å². The summed E-state index contributed by atoms with van der Waals surface area (Å²) in [6, 6.07) is 21.0. The second-order valence-corrected chi connectivity index (χ2v) is 7.04. The van der Waals surface area contributed by atoms with Crippen molar-refractivity contribution in [3.63, 3.8) is 0 Å². The Balaban J connectivity index is 1.53. The number of hydrogen-bond donors (Lipinski definition) is 2. The molecule has 0 aromatic heterocycles. The number of esters is 1. The predicted molar refractivity (Wildman–Crippen MR) is 121 cm³/mol. The maximum atomic E-state index is 12.5. The average molecular weight is 432 g/mol. The van der Waals surface area contributed by atoms with Gasteiger partial charge in [-0.1, -0.05) is 36.4 Å². The molecule has 7 heteroatoms. The summed E-state index contributed by atoms with van der Waals surface area (Å²) in [5.74, 6) is 0.107. The number of benzene rings is 3. The molecule has 32 heavy (non-hydrogen) atoms. The number of ether oxygens (including phenoxy) is 2. The summed E-state index contributed by atoms with van der Waals surface area (Å²) in [5.41, 5.74) is 2.70. The van der Waals surface area contributed by atoms with E-state index in [4.69, 9.17) is 9.47 Å². The van der Waals surface area contributed by atoms with Crippen LogP contribution in [0.1, 0.15) is 28.4 Å². The Kier molecular flexibility index (Phi) is 7.59. The molecule has 0 spiro atoms. The van der Waals surface area contributed by atoms with Gasteiger partial charge in [0.25, 0.3) is 5.91 Å². The molecule has 0 radical (unpaired) electrons. The van der Waals surface area contributed by atoms with Gasteiger partial charge in [0.05, 0.1) is 13.5 Å². The van der Waals surface area contributed by atoms with Gasteiger partial charge in [-0.3, -0.25) is 14.4 Å². The molecule has 0 bridgehead atoms. The molecular formula is C25H24N2O5. The molecule has 0 atom stereocenters. The molecule has 2 N–H and O–H groups in total. The lowest BCUT2D eigenvalue weighted by Gasteiger charge is -2.10. The van der Waals surface area contributed by atoms with E-state index in [2.05, 4.69) is 10.6 Å². The van der Waals surface area contributed by atoms with Gasteiger partial charge in [0.15, 0.2) is 0 Å². The van der Waals surface area contributed by atoms with Crippen LogP contribution in [0.5, 0.6) is 11.5 Å². The Hall–Kier alpha value is -4.13. The Morgan fingerprint density at radius 3 is 2.38 bits per heavy atom. The van der Waals surface area contributed by atoms with Crippen molar-refractivity contribution in [2.45, 2.75) is 19.9 Å². The van der Waals surface area contributed by atoms with Gasteiger partial charge in [0, 0.05) is 30.3 Å². The largest absolute Gasteiger partial charge is 0.496 e. The van der Waals surface area contributed by atoms with Crippen molar-refractivity contribution in [1.82, 2.24) is 5.32 Å². The first kappa shape index (κ1) is 22.6. The second kappa shape index (κ2) is 10.8. The van der Waals surface area contributed by atoms with Crippen molar-refractivity contribution < 1.29 is 23.9 Å². The number of rotatable bonds is 8. The molecule has 0 aliphatic carbocycles. The summed E-state index contributed by atoms with van der Waals surface area (Å²) in [4.78, 5) is 35.8. The van der Waals surface area contributed by atoms with Gasteiger partial charge in [-0.25, -0.2) is 0 Å². The molecule has 7 nitrogen and oxygen atoms in total. The first-order valence-electron chi connectivity index (χ1n) is 10.0. The van der Waals surface area contributed by atoms with Gasteiger partial charge in [0.2, 0.25) is 5.91 Å². The second-order valence-electron chi connectivity index (χ2n) is 7.04. The number of carbonyl (C=O) groups excluding carboxylic acids is 3. The summed E-state index contributed by atoms with van der Waals surface area (Å²) in [7, 11) is 1.58. The van der Waals surface area contributed by atoms with Crippen molar-refractivity contribution in [1.29, 1.82) is 0 Å². The summed E-state index contributed by atoms with van der Waals surface area (Å²) in [5, 5.41) is 5.68. The fourth-order valence-electron chi connectivity index (χ4n) is 3.06. The van der Waals surface area contributed by atoms with Gasteiger partial charge >= 0.3 is 5.97 Å². The van der Waals surface area contributed by atoms with Gasteiger partial charge in [0.1, 0.15) is 11.5 Å². The number of carbonyl (C=O) groups is 3. The number of amides is 2. The van der Waals surface area contributed by atoms with Crippen molar-refractivity contribution >= 4 is 23.5 Å². The SMILES string of the molecule is COc1ccccc1CC(=O)NCc1ccc(NC(=O)c2cccc(OC(C)=O)c2)cc1. The third kappa shape index (κ3) is 6.43. The van der Waals surface area contributed by atoms with E-state index >= 15 is 0 Å². The highest BCUT2D eigenvalue weighted by atomic mass is 16.5. The molecule has 0 heterocycles. The van der Waals surface area contributed by atoms with Gasteiger partial charge in [-0.2, -0.15) is 0 Å². The van der Waals surface area contributed by atoms with Crippen molar-refractivity contribution in [2.75, 3.05) is 12.4 Å². The standard InChI is InChI=1S/C25H24N2O5/c1-17(28)32-22-8-5-7-20(14-22)25(30)27-21-12-10-18(11-13-21)16-26-24(29)15-19-6-3-4-9-23(19)31-2/h3-14H,15-16H2,1-2H3,(H,26,29)(H,27,30). The summed E-state index contributed by atoms with van der Waals surface area (Å²) < 4.78 is 10.3. The minimum atomic E-state index is -0.451. The lowest BCUT2D eigenvalue weighted by atomic mass is 10.1. The van der Waals surface area contributed by atoms with E-state index in [9.17, 15) is 14.4 Å². The van der Waals surface area contributed by atoms with Crippen molar-refractivity contribution in [2.24, 2.45) is 0 Å². The molecule has 164 valence electrons. The normalized spacial score (nSPS) is 10.2. The summed E-state index contributed by atoms with van der Waals surface area (Å²) in [6.07, 6.45) is 0.227. The highest BCUT2D eigenvalue weighted by molar-refractivity contribution is 6.04. The highest BCUT2D eigenvalue weighted by Crippen LogP contribution is 2.18. The Bertz CT molecular complexity index is 1110. The quantitative estimate of drug-likeness (QED) is 0.418. The van der Waals surface area contributed by atoms with Crippen LogP contribution in [0.15, 0.2) is 72.8 Å². The van der Waals surface area contributed by atoms with Crippen LogP contribution in [0.25, 0.3) is 0 Å². The molecule has 3 aromatic carbocycles. The molecule has 0 aliphatic rings. The van der Waals surface area contributed by atoms with E-state index < -0.39 is 5.97 Å². The Morgan fingerprint density at radius 2 is 1.66 bits per heavy atom. The zero-order chi connectivity index (χ0) is 22.9. The van der Waals surface area contributed by atoms with E-state index in [1.165, 1.54) is 13.0 Å². The van der Waals surface area contributed by atoms with Crippen LogP contribution in [-0.4, -0.2) is 24.9 Å². The Morgan fingerprint density at radius 1 is 0.906 bits per heavy atom. The molecule has 0 unspecified atom stereocenters. The van der Waals surface area contributed by atoms with Crippen molar-refractivity contribution in [3.8, 4) is 11.5 Å². The molecule has 2 amide bonds.